The van der Waals surface area contributed by atoms with Gasteiger partial charge in [0.15, 0.2) is 5.65 Å². The molecular formula is C16H25Cl2N5O. The molecule has 2 aromatic rings. The Bertz CT molecular complexity index is 743. The second-order valence-electron chi connectivity index (χ2n) is 6.93. The van der Waals surface area contributed by atoms with Gasteiger partial charge in [-0.3, -0.25) is 9.48 Å². The van der Waals surface area contributed by atoms with Crippen LogP contribution >= 0.6 is 24.8 Å². The molecular weight excluding hydrogens is 349 g/mol. The average molecular weight is 374 g/mol. The van der Waals surface area contributed by atoms with Gasteiger partial charge in [0.25, 0.3) is 5.91 Å². The number of hydrogen-bond donors (Lipinski definition) is 1. The molecule has 1 unspecified atom stereocenters. The van der Waals surface area contributed by atoms with E-state index < -0.39 is 0 Å². The molecule has 1 fully saturated rings. The number of nitrogens with zero attached hydrogens (tertiary/aromatic N) is 4. The Labute approximate surface area is 154 Å². The second-order valence-corrected chi connectivity index (χ2v) is 6.93. The minimum atomic E-state index is -0.0654. The average Bonchev–Trinajstić information content (AvgIpc) is 2.82. The molecule has 0 aromatic carbocycles. The molecule has 6 nitrogen and oxygen atoms in total. The van der Waals surface area contributed by atoms with Crippen LogP contribution in [0.3, 0.4) is 0 Å². The lowest BCUT2D eigenvalue weighted by atomic mass is 9.79. The van der Waals surface area contributed by atoms with Crippen LogP contribution in [0.1, 0.15) is 36.3 Å². The number of carbonyl (C=O) groups is 1. The Morgan fingerprint density at radius 3 is 2.67 bits per heavy atom. The monoisotopic (exact) mass is 373 g/mol. The smallest absolute Gasteiger partial charge is 0.254 e. The molecule has 1 amide bonds. The molecule has 1 saturated heterocycles. The van der Waals surface area contributed by atoms with Crippen LogP contribution in [0.4, 0.5) is 0 Å². The zero-order valence-electron chi connectivity index (χ0n) is 14.4. The Kier molecular flexibility index (Phi) is 6.25. The summed E-state index contributed by atoms with van der Waals surface area (Å²) in [7, 11) is 1.84. The summed E-state index contributed by atoms with van der Waals surface area (Å²) >= 11 is 0. The highest BCUT2D eigenvalue weighted by Gasteiger charge is 2.36. The predicted octanol–water partition coefficient (Wildman–Crippen LogP) is 2.32. The van der Waals surface area contributed by atoms with Gasteiger partial charge in [0.2, 0.25) is 0 Å². The Hall–Kier alpha value is -1.37. The third-order valence-corrected chi connectivity index (χ3v) is 4.66. The van der Waals surface area contributed by atoms with Gasteiger partial charge in [-0.05, 0) is 24.8 Å². The molecule has 2 aromatic heterocycles. The van der Waals surface area contributed by atoms with E-state index in [0.29, 0.717) is 18.7 Å². The van der Waals surface area contributed by atoms with Gasteiger partial charge in [0.05, 0.1) is 17.1 Å². The summed E-state index contributed by atoms with van der Waals surface area (Å²) in [5.41, 5.74) is 8.36. The molecule has 134 valence electrons. The van der Waals surface area contributed by atoms with E-state index in [4.69, 9.17) is 5.73 Å². The molecule has 0 radical (unpaired) electrons. The van der Waals surface area contributed by atoms with Crippen LogP contribution in [0.2, 0.25) is 0 Å². The van der Waals surface area contributed by atoms with Crippen molar-refractivity contribution in [3.8, 4) is 0 Å². The predicted molar refractivity (Wildman–Crippen MR) is 100 cm³/mol. The molecule has 0 saturated carbocycles. The van der Waals surface area contributed by atoms with Gasteiger partial charge in [-0.1, -0.05) is 13.8 Å². The van der Waals surface area contributed by atoms with Gasteiger partial charge < -0.3 is 10.6 Å². The summed E-state index contributed by atoms with van der Waals surface area (Å²) in [5.74, 6) is 0.0449. The van der Waals surface area contributed by atoms with E-state index in [1.165, 1.54) is 0 Å². The van der Waals surface area contributed by atoms with Crippen molar-refractivity contribution in [2.24, 2.45) is 18.2 Å². The molecule has 2 N–H and O–H groups in total. The number of aryl methyl sites for hydroxylation is 2. The maximum atomic E-state index is 13.0. The van der Waals surface area contributed by atoms with Crippen LogP contribution in [-0.2, 0) is 7.05 Å². The van der Waals surface area contributed by atoms with E-state index in [1.807, 2.05) is 24.9 Å². The molecule has 0 aliphatic carbocycles. The third kappa shape index (κ3) is 3.50. The highest BCUT2D eigenvalue weighted by molar-refractivity contribution is 6.05. The van der Waals surface area contributed by atoms with Crippen molar-refractivity contribution in [3.63, 3.8) is 0 Å². The van der Waals surface area contributed by atoms with E-state index in [0.717, 1.165) is 23.1 Å². The lowest BCUT2D eigenvalue weighted by molar-refractivity contribution is 0.0534. The van der Waals surface area contributed by atoms with Crippen LogP contribution in [-0.4, -0.2) is 44.7 Å². The minimum Gasteiger partial charge on any atom is -0.338 e. The first-order chi connectivity index (χ1) is 10.3. The van der Waals surface area contributed by atoms with Crippen LogP contribution in [0.5, 0.6) is 0 Å². The maximum absolute atomic E-state index is 13.0. The van der Waals surface area contributed by atoms with E-state index in [2.05, 4.69) is 23.9 Å². The molecule has 8 heteroatoms. The van der Waals surface area contributed by atoms with Crippen molar-refractivity contribution in [2.45, 2.75) is 33.2 Å². The minimum absolute atomic E-state index is 0. The summed E-state index contributed by atoms with van der Waals surface area (Å²) in [6.07, 6.45) is 2.55. The van der Waals surface area contributed by atoms with Crippen LogP contribution < -0.4 is 5.73 Å². The fraction of sp³-hybridized carbons (Fsp3) is 0.562. The number of amides is 1. The number of carbonyl (C=O) groups excluding carboxylic acids is 1. The van der Waals surface area contributed by atoms with Crippen LogP contribution in [0.15, 0.2) is 12.3 Å². The molecule has 0 bridgehead atoms. The topological polar surface area (TPSA) is 77.0 Å². The van der Waals surface area contributed by atoms with Gasteiger partial charge in [-0.15, -0.1) is 24.8 Å². The molecule has 0 spiro atoms. The van der Waals surface area contributed by atoms with Crippen molar-refractivity contribution >= 4 is 41.8 Å². The van der Waals surface area contributed by atoms with Gasteiger partial charge in [0, 0.05) is 31.9 Å². The largest absolute Gasteiger partial charge is 0.338 e. The van der Waals surface area contributed by atoms with Crippen molar-refractivity contribution in [1.29, 1.82) is 0 Å². The van der Waals surface area contributed by atoms with Crippen molar-refractivity contribution in [2.75, 3.05) is 13.1 Å². The summed E-state index contributed by atoms with van der Waals surface area (Å²) in [6.45, 7) is 7.52. The quantitative estimate of drug-likeness (QED) is 0.831. The molecule has 3 rings (SSSR count). The van der Waals surface area contributed by atoms with Crippen molar-refractivity contribution < 1.29 is 4.79 Å². The first-order valence-electron chi connectivity index (χ1n) is 7.64. The number of aromatic nitrogens is 3. The van der Waals surface area contributed by atoms with Gasteiger partial charge in [0.1, 0.15) is 0 Å². The third-order valence-electron chi connectivity index (χ3n) is 4.66. The first-order valence-corrected chi connectivity index (χ1v) is 7.64. The van der Waals surface area contributed by atoms with E-state index >= 15 is 0 Å². The number of fused-ring (bicyclic) bond motifs is 1. The van der Waals surface area contributed by atoms with E-state index in [1.54, 1.807) is 10.9 Å². The number of hydrogen-bond acceptors (Lipinski definition) is 4. The normalized spacial score (nSPS) is 19.5. The number of rotatable bonds is 1. The zero-order chi connectivity index (χ0) is 16.1. The fourth-order valence-electron chi connectivity index (χ4n) is 3.13. The fourth-order valence-corrected chi connectivity index (χ4v) is 3.13. The number of halogens is 2. The van der Waals surface area contributed by atoms with Gasteiger partial charge in [-0.2, -0.15) is 5.10 Å². The standard InChI is InChI=1S/C16H23N5O.2ClH/c1-10-7-11(12-8-18-20(4)14(12)19-10)15(22)21-6-5-13(17)16(2,3)9-21;;/h7-8,13H,5-6,9,17H2,1-4H3;2*1H. The van der Waals surface area contributed by atoms with E-state index in [9.17, 15) is 4.79 Å². The highest BCUT2D eigenvalue weighted by Crippen LogP contribution is 2.29. The maximum Gasteiger partial charge on any atom is 0.254 e. The van der Waals surface area contributed by atoms with Crippen LogP contribution in [0, 0.1) is 12.3 Å². The summed E-state index contributed by atoms with van der Waals surface area (Å²) in [6, 6.07) is 1.99. The molecule has 3 heterocycles. The number of likely N-dealkylation sites (tertiary alicyclic amines) is 1. The number of pyridine rings is 1. The van der Waals surface area contributed by atoms with Crippen LogP contribution in [0.25, 0.3) is 11.0 Å². The Morgan fingerprint density at radius 2 is 2.04 bits per heavy atom. The van der Waals surface area contributed by atoms with E-state index in [-0.39, 0.29) is 42.2 Å². The molecule has 24 heavy (non-hydrogen) atoms. The zero-order valence-corrected chi connectivity index (χ0v) is 16.1. The Balaban J connectivity index is 0.00000144. The summed E-state index contributed by atoms with van der Waals surface area (Å²) in [5, 5.41) is 5.04. The highest BCUT2D eigenvalue weighted by atomic mass is 35.5. The SMILES string of the molecule is Cc1cc(C(=O)N2CCC(N)C(C)(C)C2)c2cnn(C)c2n1.Cl.Cl. The van der Waals surface area contributed by atoms with Gasteiger partial charge >= 0.3 is 0 Å². The summed E-state index contributed by atoms with van der Waals surface area (Å²) < 4.78 is 1.70. The lowest BCUT2D eigenvalue weighted by Gasteiger charge is -2.42. The summed E-state index contributed by atoms with van der Waals surface area (Å²) in [4.78, 5) is 19.4. The van der Waals surface area contributed by atoms with Crippen molar-refractivity contribution in [1.82, 2.24) is 19.7 Å². The molecule has 1 aliphatic rings. The Morgan fingerprint density at radius 1 is 1.38 bits per heavy atom. The first kappa shape index (κ1) is 20.7. The number of piperidine rings is 1. The van der Waals surface area contributed by atoms with Gasteiger partial charge in [-0.25, -0.2) is 4.98 Å². The number of nitrogens with two attached hydrogens (primary N) is 1. The van der Waals surface area contributed by atoms with Crippen molar-refractivity contribution in [3.05, 3.63) is 23.5 Å². The molecule has 1 aliphatic heterocycles. The lowest BCUT2D eigenvalue weighted by Crippen LogP contribution is -2.54. The molecule has 1 atom stereocenters. The second kappa shape index (κ2) is 7.25.